The Labute approximate surface area is 107 Å². The topological polar surface area (TPSA) is 53.4 Å². The number of carboxylic acids is 1. The molecule has 0 spiro atoms. The summed E-state index contributed by atoms with van der Waals surface area (Å²) >= 11 is 3.47. The third kappa shape index (κ3) is 2.39. The number of likely N-dealkylation sites (N-methyl/N-ethyl adjacent to an activating group) is 1. The number of aliphatic carboxylic acids is 1. The molecule has 0 radical (unpaired) electrons. The maximum atomic E-state index is 10.7. The van der Waals surface area contributed by atoms with Gasteiger partial charge in [-0.3, -0.25) is 4.79 Å². The molecule has 0 aliphatic rings. The number of carboxylic acid groups (broad SMARTS) is 1. The monoisotopic (exact) mass is 294 g/mol. The predicted molar refractivity (Wildman–Crippen MR) is 70.3 cm³/mol. The van der Waals surface area contributed by atoms with E-state index in [1.807, 2.05) is 24.3 Å². The van der Waals surface area contributed by atoms with Crippen LogP contribution in [0.1, 0.15) is 0 Å². The summed E-state index contributed by atoms with van der Waals surface area (Å²) in [4.78, 5) is 16.6. The molecule has 0 aliphatic heterocycles. The lowest BCUT2D eigenvalue weighted by Crippen LogP contribution is -2.26. The van der Waals surface area contributed by atoms with Crippen molar-refractivity contribution in [1.29, 1.82) is 0 Å². The van der Waals surface area contributed by atoms with E-state index in [9.17, 15) is 4.79 Å². The van der Waals surface area contributed by atoms with E-state index < -0.39 is 5.97 Å². The van der Waals surface area contributed by atoms with Gasteiger partial charge in [0.1, 0.15) is 12.4 Å². The normalized spacial score (nSPS) is 10.5. The molecule has 2 rings (SSSR count). The van der Waals surface area contributed by atoms with Crippen LogP contribution in [0.4, 0.5) is 5.82 Å². The fraction of sp³-hybridized carbons (Fsp3) is 0.167. The maximum absolute atomic E-state index is 10.7. The van der Waals surface area contributed by atoms with Gasteiger partial charge in [-0.05, 0) is 12.1 Å². The first-order valence-electron chi connectivity index (χ1n) is 5.06. The Bertz CT molecular complexity index is 571. The fourth-order valence-corrected chi connectivity index (χ4v) is 2.23. The Kier molecular flexibility index (Phi) is 3.28. The maximum Gasteiger partial charge on any atom is 0.323 e. The second-order valence-corrected chi connectivity index (χ2v) is 4.57. The highest BCUT2D eigenvalue weighted by molar-refractivity contribution is 9.10. The van der Waals surface area contributed by atoms with Crippen molar-refractivity contribution in [1.82, 2.24) is 4.98 Å². The molecule has 2 aromatic rings. The van der Waals surface area contributed by atoms with Gasteiger partial charge in [-0.25, -0.2) is 4.98 Å². The quantitative estimate of drug-likeness (QED) is 0.945. The summed E-state index contributed by atoms with van der Waals surface area (Å²) in [7, 11) is 1.72. The summed E-state index contributed by atoms with van der Waals surface area (Å²) < 4.78 is 0.974. The Morgan fingerprint density at radius 2 is 2.18 bits per heavy atom. The summed E-state index contributed by atoms with van der Waals surface area (Å²) in [6.07, 6.45) is 1.68. The summed E-state index contributed by atoms with van der Waals surface area (Å²) in [6, 6.07) is 7.69. The number of hydrogen-bond donors (Lipinski definition) is 1. The average Bonchev–Trinajstić information content (AvgIpc) is 2.28. The van der Waals surface area contributed by atoms with Crippen molar-refractivity contribution in [3.8, 4) is 0 Å². The van der Waals surface area contributed by atoms with Crippen molar-refractivity contribution in [3.63, 3.8) is 0 Å². The number of carbonyl (C=O) groups is 1. The molecule has 0 atom stereocenters. The van der Waals surface area contributed by atoms with Gasteiger partial charge in [0.2, 0.25) is 0 Å². The number of benzene rings is 1. The number of rotatable bonds is 3. The van der Waals surface area contributed by atoms with Crippen LogP contribution in [0.5, 0.6) is 0 Å². The molecule has 1 aromatic carbocycles. The first-order valence-corrected chi connectivity index (χ1v) is 5.85. The number of anilines is 1. The number of hydrogen-bond acceptors (Lipinski definition) is 3. The van der Waals surface area contributed by atoms with Crippen molar-refractivity contribution in [2.24, 2.45) is 0 Å². The largest absolute Gasteiger partial charge is 0.480 e. The van der Waals surface area contributed by atoms with Gasteiger partial charge >= 0.3 is 5.97 Å². The fourth-order valence-electron chi connectivity index (χ4n) is 1.74. The smallest absolute Gasteiger partial charge is 0.323 e. The van der Waals surface area contributed by atoms with Crippen LogP contribution in [0.25, 0.3) is 10.8 Å². The summed E-state index contributed by atoms with van der Waals surface area (Å²) in [5, 5.41) is 10.8. The van der Waals surface area contributed by atoms with Gasteiger partial charge < -0.3 is 10.0 Å². The molecule has 0 unspecified atom stereocenters. The van der Waals surface area contributed by atoms with Crippen LogP contribution in [0.2, 0.25) is 0 Å². The molecule has 88 valence electrons. The Morgan fingerprint density at radius 3 is 2.88 bits per heavy atom. The van der Waals surface area contributed by atoms with E-state index in [2.05, 4.69) is 20.9 Å². The number of halogens is 1. The molecule has 5 heteroatoms. The standard InChI is InChI=1S/C12H11BrN2O2/c1-15(7-11(16)17)12-9-3-2-4-10(13)8(9)5-6-14-12/h2-6H,7H2,1H3,(H,16,17). The molecule has 0 saturated heterocycles. The average molecular weight is 295 g/mol. The van der Waals surface area contributed by atoms with Crippen LogP contribution in [0.15, 0.2) is 34.9 Å². The predicted octanol–water partition coefficient (Wildman–Crippen LogP) is 2.52. The lowest BCUT2D eigenvalue weighted by Gasteiger charge is -2.17. The minimum Gasteiger partial charge on any atom is -0.480 e. The number of pyridine rings is 1. The van der Waals surface area contributed by atoms with Crippen LogP contribution in [0, 0.1) is 0 Å². The highest BCUT2D eigenvalue weighted by Gasteiger charge is 2.11. The molecule has 0 saturated carbocycles. The van der Waals surface area contributed by atoms with E-state index in [4.69, 9.17) is 5.11 Å². The van der Waals surface area contributed by atoms with E-state index in [0.717, 1.165) is 15.2 Å². The van der Waals surface area contributed by atoms with Crippen molar-refractivity contribution in [2.75, 3.05) is 18.5 Å². The lowest BCUT2D eigenvalue weighted by molar-refractivity contribution is -0.135. The van der Waals surface area contributed by atoms with E-state index in [0.29, 0.717) is 5.82 Å². The SMILES string of the molecule is CN(CC(=O)O)c1nccc2c(Br)cccc12. The zero-order valence-electron chi connectivity index (χ0n) is 9.22. The Morgan fingerprint density at radius 1 is 1.41 bits per heavy atom. The van der Waals surface area contributed by atoms with Crippen LogP contribution in [-0.4, -0.2) is 29.7 Å². The van der Waals surface area contributed by atoms with E-state index in [1.54, 1.807) is 18.1 Å². The number of nitrogens with zero attached hydrogens (tertiary/aromatic N) is 2. The highest BCUT2D eigenvalue weighted by atomic mass is 79.9. The van der Waals surface area contributed by atoms with Crippen molar-refractivity contribution in [3.05, 3.63) is 34.9 Å². The van der Waals surface area contributed by atoms with Gasteiger partial charge in [0.25, 0.3) is 0 Å². The molecule has 0 fully saturated rings. The molecule has 0 bridgehead atoms. The molecule has 1 heterocycles. The zero-order chi connectivity index (χ0) is 12.4. The summed E-state index contributed by atoms with van der Waals surface area (Å²) in [6.45, 7) is -0.0708. The van der Waals surface area contributed by atoms with Crippen LogP contribution >= 0.6 is 15.9 Å². The van der Waals surface area contributed by atoms with Gasteiger partial charge in [-0.2, -0.15) is 0 Å². The molecule has 0 aliphatic carbocycles. The molecule has 0 amide bonds. The summed E-state index contributed by atoms with van der Waals surface area (Å²) in [5.74, 6) is -0.201. The minimum atomic E-state index is -0.874. The third-order valence-corrected chi connectivity index (χ3v) is 3.16. The molecule has 1 aromatic heterocycles. The van der Waals surface area contributed by atoms with Crippen molar-refractivity contribution in [2.45, 2.75) is 0 Å². The number of aromatic nitrogens is 1. The van der Waals surface area contributed by atoms with E-state index in [1.165, 1.54) is 0 Å². The van der Waals surface area contributed by atoms with Crippen LogP contribution < -0.4 is 4.90 Å². The van der Waals surface area contributed by atoms with Gasteiger partial charge in [0.05, 0.1) is 0 Å². The Balaban J connectivity index is 2.54. The summed E-state index contributed by atoms with van der Waals surface area (Å²) in [5.41, 5.74) is 0. The van der Waals surface area contributed by atoms with E-state index in [-0.39, 0.29) is 6.54 Å². The van der Waals surface area contributed by atoms with Crippen molar-refractivity contribution >= 4 is 38.5 Å². The number of fused-ring (bicyclic) bond motifs is 1. The first-order chi connectivity index (χ1) is 8.09. The van der Waals surface area contributed by atoms with Crippen LogP contribution in [-0.2, 0) is 4.79 Å². The van der Waals surface area contributed by atoms with Gasteiger partial charge in [-0.15, -0.1) is 0 Å². The second-order valence-electron chi connectivity index (χ2n) is 3.72. The highest BCUT2D eigenvalue weighted by Crippen LogP contribution is 2.28. The van der Waals surface area contributed by atoms with Gasteiger partial charge in [0.15, 0.2) is 0 Å². The third-order valence-electron chi connectivity index (χ3n) is 2.47. The molecular weight excluding hydrogens is 284 g/mol. The van der Waals surface area contributed by atoms with Crippen LogP contribution in [0.3, 0.4) is 0 Å². The van der Waals surface area contributed by atoms with Gasteiger partial charge in [-0.1, -0.05) is 28.1 Å². The lowest BCUT2D eigenvalue weighted by atomic mass is 10.1. The van der Waals surface area contributed by atoms with Crippen molar-refractivity contribution < 1.29 is 9.90 Å². The first kappa shape index (κ1) is 11.9. The minimum absolute atomic E-state index is 0.0708. The molecule has 1 N–H and O–H groups in total. The zero-order valence-corrected chi connectivity index (χ0v) is 10.8. The molecule has 17 heavy (non-hydrogen) atoms. The molecular formula is C12H11BrN2O2. The Hall–Kier alpha value is -1.62. The molecule has 4 nitrogen and oxygen atoms in total. The van der Waals surface area contributed by atoms with Gasteiger partial charge in [0, 0.05) is 28.5 Å². The second kappa shape index (κ2) is 4.71. The van der Waals surface area contributed by atoms with E-state index >= 15 is 0 Å².